The van der Waals surface area contributed by atoms with Crippen LogP contribution in [0.2, 0.25) is 0 Å². The monoisotopic (exact) mass is 274 g/mol. The van der Waals surface area contributed by atoms with Crippen molar-refractivity contribution in [3.8, 4) is 5.75 Å². The van der Waals surface area contributed by atoms with Crippen molar-refractivity contribution in [2.24, 2.45) is 0 Å². The topological polar surface area (TPSA) is 64.3 Å². The highest BCUT2D eigenvalue weighted by molar-refractivity contribution is 5.91. The van der Waals surface area contributed by atoms with Gasteiger partial charge in [-0.15, -0.1) is 0 Å². The molecule has 3 N–H and O–H groups in total. The third-order valence-corrected chi connectivity index (χ3v) is 2.61. The average molecular weight is 274 g/mol. The number of para-hydroxylation sites is 1. The van der Waals surface area contributed by atoms with E-state index in [1.165, 1.54) is 12.1 Å². The number of nitrogens with two attached hydrogens (primary N) is 1. The zero-order chi connectivity index (χ0) is 14.4. The number of carbonyl (C=O) groups excluding carboxylic acids is 1. The Kier molecular flexibility index (Phi) is 4.55. The van der Waals surface area contributed by atoms with Gasteiger partial charge in [0.05, 0.1) is 18.7 Å². The van der Waals surface area contributed by atoms with E-state index in [2.05, 4.69) is 5.32 Å². The zero-order valence-electron chi connectivity index (χ0n) is 10.8. The Labute approximate surface area is 116 Å². The second-order valence-corrected chi connectivity index (χ2v) is 4.20. The van der Waals surface area contributed by atoms with Gasteiger partial charge in [-0.1, -0.05) is 18.2 Å². The molecule has 5 heteroatoms. The Morgan fingerprint density at radius 2 is 1.95 bits per heavy atom. The standard InChI is InChI=1S/C15H15FN2O2/c16-13-10-11(17)6-7-14(13)18-15(19)8-9-20-12-4-2-1-3-5-12/h1-7,10H,8-9,17H2,(H,18,19). The van der Waals surface area contributed by atoms with Crippen LogP contribution in [0.25, 0.3) is 0 Å². The van der Waals surface area contributed by atoms with E-state index in [9.17, 15) is 9.18 Å². The lowest BCUT2D eigenvalue weighted by molar-refractivity contribution is -0.116. The molecule has 0 spiro atoms. The number of nitrogen functional groups attached to an aromatic ring is 1. The minimum atomic E-state index is -0.553. The van der Waals surface area contributed by atoms with Crippen LogP contribution in [-0.2, 0) is 4.79 Å². The average Bonchev–Trinajstić information content (AvgIpc) is 2.43. The quantitative estimate of drug-likeness (QED) is 0.824. The first-order chi connectivity index (χ1) is 9.65. The first kappa shape index (κ1) is 13.9. The molecule has 0 unspecified atom stereocenters. The van der Waals surface area contributed by atoms with Crippen LogP contribution in [0.5, 0.6) is 5.75 Å². The lowest BCUT2D eigenvalue weighted by Crippen LogP contribution is -2.16. The zero-order valence-corrected chi connectivity index (χ0v) is 10.8. The molecule has 1 amide bonds. The minimum Gasteiger partial charge on any atom is -0.493 e. The third kappa shape index (κ3) is 3.98. The molecule has 0 aliphatic carbocycles. The van der Waals surface area contributed by atoms with Gasteiger partial charge in [-0.05, 0) is 30.3 Å². The maximum Gasteiger partial charge on any atom is 0.227 e. The first-order valence-corrected chi connectivity index (χ1v) is 6.18. The molecule has 4 nitrogen and oxygen atoms in total. The fraction of sp³-hybridized carbons (Fsp3) is 0.133. The van der Waals surface area contributed by atoms with Gasteiger partial charge in [-0.25, -0.2) is 4.39 Å². The summed E-state index contributed by atoms with van der Waals surface area (Å²) in [6, 6.07) is 13.3. The lowest BCUT2D eigenvalue weighted by Gasteiger charge is -2.08. The number of hydrogen-bond donors (Lipinski definition) is 2. The summed E-state index contributed by atoms with van der Waals surface area (Å²) in [5.74, 6) is -0.175. The predicted molar refractivity (Wildman–Crippen MR) is 76.0 cm³/mol. The molecule has 0 aliphatic heterocycles. The molecule has 0 aliphatic rings. The van der Waals surface area contributed by atoms with E-state index in [4.69, 9.17) is 10.5 Å². The molecule has 0 radical (unpaired) electrons. The number of anilines is 2. The lowest BCUT2D eigenvalue weighted by atomic mass is 10.2. The van der Waals surface area contributed by atoms with Crippen molar-refractivity contribution in [1.82, 2.24) is 0 Å². The van der Waals surface area contributed by atoms with Crippen molar-refractivity contribution < 1.29 is 13.9 Å². The van der Waals surface area contributed by atoms with E-state index in [1.54, 1.807) is 12.1 Å². The van der Waals surface area contributed by atoms with Gasteiger partial charge in [0.1, 0.15) is 11.6 Å². The Bertz CT molecular complexity index is 588. The van der Waals surface area contributed by atoms with Crippen LogP contribution in [0.1, 0.15) is 6.42 Å². The van der Waals surface area contributed by atoms with E-state index in [0.29, 0.717) is 11.4 Å². The van der Waals surface area contributed by atoms with Crippen molar-refractivity contribution in [3.05, 3.63) is 54.3 Å². The smallest absolute Gasteiger partial charge is 0.227 e. The van der Waals surface area contributed by atoms with E-state index >= 15 is 0 Å². The second kappa shape index (κ2) is 6.56. The van der Waals surface area contributed by atoms with Crippen molar-refractivity contribution in [2.45, 2.75) is 6.42 Å². The highest BCUT2D eigenvalue weighted by atomic mass is 19.1. The molecule has 2 rings (SSSR count). The van der Waals surface area contributed by atoms with E-state index in [0.717, 1.165) is 6.07 Å². The molecule has 20 heavy (non-hydrogen) atoms. The van der Waals surface area contributed by atoms with Crippen molar-refractivity contribution in [2.75, 3.05) is 17.7 Å². The largest absolute Gasteiger partial charge is 0.493 e. The van der Waals surface area contributed by atoms with Crippen LogP contribution in [-0.4, -0.2) is 12.5 Å². The Morgan fingerprint density at radius 1 is 1.20 bits per heavy atom. The van der Waals surface area contributed by atoms with Crippen molar-refractivity contribution in [3.63, 3.8) is 0 Å². The molecule has 0 aromatic heterocycles. The van der Waals surface area contributed by atoms with Gasteiger partial charge in [0.25, 0.3) is 0 Å². The van der Waals surface area contributed by atoms with Gasteiger partial charge in [-0.2, -0.15) is 0 Å². The summed E-state index contributed by atoms with van der Waals surface area (Å²) in [4.78, 5) is 11.7. The fourth-order valence-corrected chi connectivity index (χ4v) is 1.62. The molecule has 2 aromatic rings. The molecule has 0 bridgehead atoms. The summed E-state index contributed by atoms with van der Waals surface area (Å²) < 4.78 is 18.9. The Balaban J connectivity index is 1.81. The first-order valence-electron chi connectivity index (χ1n) is 6.18. The number of rotatable bonds is 5. The maximum atomic E-state index is 13.5. The van der Waals surface area contributed by atoms with E-state index in [1.807, 2.05) is 18.2 Å². The number of benzene rings is 2. The number of halogens is 1. The number of ether oxygens (including phenoxy) is 1. The van der Waals surface area contributed by atoms with Crippen LogP contribution in [0.15, 0.2) is 48.5 Å². The minimum absolute atomic E-state index is 0.115. The van der Waals surface area contributed by atoms with Gasteiger partial charge in [0.15, 0.2) is 0 Å². The summed E-state index contributed by atoms with van der Waals surface area (Å²) in [5.41, 5.74) is 5.86. The number of amides is 1. The number of hydrogen-bond acceptors (Lipinski definition) is 3. The molecule has 0 atom stereocenters. The van der Waals surface area contributed by atoms with Crippen LogP contribution in [0, 0.1) is 5.82 Å². The molecule has 0 fully saturated rings. The maximum absolute atomic E-state index is 13.5. The van der Waals surface area contributed by atoms with E-state index < -0.39 is 5.82 Å². The van der Waals surface area contributed by atoms with Gasteiger partial charge >= 0.3 is 0 Å². The Morgan fingerprint density at radius 3 is 2.65 bits per heavy atom. The van der Waals surface area contributed by atoms with Crippen LogP contribution in [0.4, 0.5) is 15.8 Å². The van der Waals surface area contributed by atoms with Crippen LogP contribution < -0.4 is 15.8 Å². The number of carbonyl (C=O) groups is 1. The normalized spacial score (nSPS) is 10.1. The summed E-state index contributed by atoms with van der Waals surface area (Å²) >= 11 is 0. The molecule has 0 saturated heterocycles. The SMILES string of the molecule is Nc1ccc(NC(=O)CCOc2ccccc2)c(F)c1. The third-order valence-electron chi connectivity index (χ3n) is 2.61. The van der Waals surface area contributed by atoms with Gasteiger partial charge in [0, 0.05) is 5.69 Å². The molecular formula is C15H15FN2O2. The summed E-state index contributed by atoms with van der Waals surface area (Å²) in [6.45, 7) is 0.229. The molecule has 104 valence electrons. The molecule has 2 aromatic carbocycles. The van der Waals surface area contributed by atoms with E-state index in [-0.39, 0.29) is 24.6 Å². The summed E-state index contributed by atoms with van der Waals surface area (Å²) in [6.07, 6.45) is 0.138. The van der Waals surface area contributed by atoms with Gasteiger partial charge in [0.2, 0.25) is 5.91 Å². The summed E-state index contributed by atoms with van der Waals surface area (Å²) in [7, 11) is 0. The van der Waals surface area contributed by atoms with Crippen LogP contribution >= 0.6 is 0 Å². The predicted octanol–water partition coefficient (Wildman–Crippen LogP) is 2.82. The van der Waals surface area contributed by atoms with Gasteiger partial charge in [-0.3, -0.25) is 4.79 Å². The summed E-state index contributed by atoms with van der Waals surface area (Å²) in [5, 5.41) is 2.47. The van der Waals surface area contributed by atoms with Crippen molar-refractivity contribution in [1.29, 1.82) is 0 Å². The fourth-order valence-electron chi connectivity index (χ4n) is 1.62. The molecular weight excluding hydrogens is 259 g/mol. The van der Waals surface area contributed by atoms with Crippen LogP contribution in [0.3, 0.4) is 0 Å². The highest BCUT2D eigenvalue weighted by Crippen LogP contribution is 2.17. The Hall–Kier alpha value is -2.56. The number of nitrogens with one attached hydrogen (secondary N) is 1. The van der Waals surface area contributed by atoms with Crippen molar-refractivity contribution >= 4 is 17.3 Å². The van der Waals surface area contributed by atoms with Gasteiger partial charge < -0.3 is 15.8 Å². The molecule has 0 saturated carbocycles. The second-order valence-electron chi connectivity index (χ2n) is 4.20. The highest BCUT2D eigenvalue weighted by Gasteiger charge is 2.07. The molecule has 0 heterocycles.